The van der Waals surface area contributed by atoms with Crippen molar-refractivity contribution in [2.24, 2.45) is 0 Å². The Kier molecular flexibility index (Phi) is 2.87. The molecule has 0 saturated carbocycles. The van der Waals surface area contributed by atoms with Gasteiger partial charge in [-0.2, -0.15) is 5.10 Å². The maximum atomic E-state index is 11.5. The number of aliphatic hydroxyl groups is 1. The molecule has 5 nitrogen and oxygen atoms in total. The molecule has 0 atom stereocenters. The van der Waals surface area contributed by atoms with E-state index in [2.05, 4.69) is 5.10 Å². The van der Waals surface area contributed by atoms with Gasteiger partial charge < -0.3 is 9.52 Å². The van der Waals surface area contributed by atoms with Crippen LogP contribution < -0.4 is 5.56 Å². The van der Waals surface area contributed by atoms with Crippen molar-refractivity contribution in [1.82, 2.24) is 9.78 Å². The summed E-state index contributed by atoms with van der Waals surface area (Å²) in [5, 5.41) is 12.9. The predicted molar refractivity (Wildman–Crippen MR) is 57.0 cm³/mol. The van der Waals surface area contributed by atoms with Gasteiger partial charge in [-0.05, 0) is 25.1 Å². The van der Waals surface area contributed by atoms with Crippen LogP contribution in [0.1, 0.15) is 17.2 Å². The Bertz CT molecular complexity index is 542. The quantitative estimate of drug-likeness (QED) is 0.826. The van der Waals surface area contributed by atoms with E-state index in [9.17, 15) is 4.79 Å². The number of rotatable bonds is 3. The molecule has 16 heavy (non-hydrogen) atoms. The highest BCUT2D eigenvalue weighted by atomic mass is 16.4. The third-order valence-corrected chi connectivity index (χ3v) is 2.18. The largest absolute Gasteiger partial charge is 0.462 e. The molecule has 2 rings (SSSR count). The van der Waals surface area contributed by atoms with Crippen molar-refractivity contribution >= 4 is 0 Å². The summed E-state index contributed by atoms with van der Waals surface area (Å²) in [6.07, 6.45) is 0. The number of aliphatic hydroxyl groups excluding tert-OH is 1. The zero-order valence-electron chi connectivity index (χ0n) is 8.88. The molecule has 1 N–H and O–H groups in total. The molecule has 0 saturated heterocycles. The van der Waals surface area contributed by atoms with Crippen LogP contribution in [-0.4, -0.2) is 14.9 Å². The molecule has 0 unspecified atom stereocenters. The Labute approximate surface area is 92.0 Å². The molecule has 0 aliphatic carbocycles. The fourth-order valence-corrected chi connectivity index (χ4v) is 1.40. The highest BCUT2D eigenvalue weighted by Gasteiger charge is 2.04. The van der Waals surface area contributed by atoms with Gasteiger partial charge in [-0.25, -0.2) is 4.68 Å². The fourth-order valence-electron chi connectivity index (χ4n) is 1.40. The van der Waals surface area contributed by atoms with E-state index in [0.717, 1.165) is 5.69 Å². The van der Waals surface area contributed by atoms with E-state index in [1.54, 1.807) is 18.2 Å². The van der Waals surface area contributed by atoms with E-state index in [0.29, 0.717) is 11.5 Å². The summed E-state index contributed by atoms with van der Waals surface area (Å²) in [6.45, 7) is 1.95. The minimum absolute atomic E-state index is 0.143. The molecule has 0 aliphatic rings. The molecule has 0 aliphatic heterocycles. The second kappa shape index (κ2) is 4.32. The average molecular weight is 220 g/mol. The van der Waals surface area contributed by atoms with Gasteiger partial charge in [0.2, 0.25) is 0 Å². The minimum atomic E-state index is -0.174. The zero-order chi connectivity index (χ0) is 11.5. The van der Waals surface area contributed by atoms with Crippen molar-refractivity contribution in [2.45, 2.75) is 20.1 Å². The summed E-state index contributed by atoms with van der Waals surface area (Å²) in [7, 11) is 0. The van der Waals surface area contributed by atoms with Gasteiger partial charge in [0.15, 0.2) is 0 Å². The summed E-state index contributed by atoms with van der Waals surface area (Å²) in [5.74, 6) is 1.08. The molecule has 0 fully saturated rings. The second-order valence-electron chi connectivity index (χ2n) is 3.50. The Hall–Kier alpha value is -1.88. The van der Waals surface area contributed by atoms with Crippen molar-refractivity contribution < 1.29 is 9.52 Å². The Morgan fingerprint density at radius 1 is 1.31 bits per heavy atom. The third kappa shape index (κ3) is 2.20. The van der Waals surface area contributed by atoms with Crippen molar-refractivity contribution in [3.8, 4) is 0 Å². The molecule has 0 aromatic carbocycles. The molecule has 0 bridgehead atoms. The van der Waals surface area contributed by atoms with Gasteiger partial charge in [0.25, 0.3) is 5.56 Å². The van der Waals surface area contributed by atoms with Gasteiger partial charge in [0.05, 0.1) is 5.69 Å². The lowest BCUT2D eigenvalue weighted by Gasteiger charge is -2.02. The normalized spacial score (nSPS) is 10.6. The lowest BCUT2D eigenvalue weighted by Crippen LogP contribution is -2.22. The number of aryl methyl sites for hydroxylation is 1. The minimum Gasteiger partial charge on any atom is -0.462 e. The fraction of sp³-hybridized carbons (Fsp3) is 0.273. The highest BCUT2D eigenvalue weighted by molar-refractivity contribution is 5.07. The second-order valence-corrected chi connectivity index (χ2v) is 3.50. The standard InChI is InChI=1S/C11H12N2O3/c1-8-2-5-11(15)13(12-8)6-9-3-4-10(7-14)16-9/h2-5,14H,6-7H2,1H3. The van der Waals surface area contributed by atoms with Gasteiger partial charge in [-0.1, -0.05) is 0 Å². The van der Waals surface area contributed by atoms with E-state index in [4.69, 9.17) is 9.52 Å². The van der Waals surface area contributed by atoms with Crippen molar-refractivity contribution in [2.75, 3.05) is 0 Å². The van der Waals surface area contributed by atoms with E-state index in [1.165, 1.54) is 10.7 Å². The molecular weight excluding hydrogens is 208 g/mol. The van der Waals surface area contributed by atoms with Gasteiger partial charge in [0.1, 0.15) is 24.7 Å². The van der Waals surface area contributed by atoms with E-state index in [-0.39, 0.29) is 18.7 Å². The van der Waals surface area contributed by atoms with Crippen LogP contribution in [0, 0.1) is 6.92 Å². The molecule has 84 valence electrons. The number of furan rings is 1. The van der Waals surface area contributed by atoms with Crippen LogP contribution in [0.2, 0.25) is 0 Å². The summed E-state index contributed by atoms with van der Waals surface area (Å²) >= 11 is 0. The van der Waals surface area contributed by atoms with Gasteiger partial charge in [-0.15, -0.1) is 0 Å². The summed E-state index contributed by atoms with van der Waals surface area (Å²) in [4.78, 5) is 11.5. The van der Waals surface area contributed by atoms with Gasteiger partial charge >= 0.3 is 0 Å². The zero-order valence-corrected chi connectivity index (χ0v) is 8.88. The maximum Gasteiger partial charge on any atom is 0.267 e. The molecule has 2 aromatic heterocycles. The van der Waals surface area contributed by atoms with Crippen molar-refractivity contribution in [1.29, 1.82) is 0 Å². The first-order valence-corrected chi connectivity index (χ1v) is 4.92. The van der Waals surface area contributed by atoms with Crippen LogP contribution >= 0.6 is 0 Å². The maximum absolute atomic E-state index is 11.5. The van der Waals surface area contributed by atoms with E-state index >= 15 is 0 Å². The predicted octanol–water partition coefficient (Wildman–Crippen LogP) is 0.685. The first-order valence-electron chi connectivity index (χ1n) is 4.92. The number of hydrogen-bond donors (Lipinski definition) is 1. The summed E-state index contributed by atoms with van der Waals surface area (Å²) in [5.41, 5.74) is 0.598. The van der Waals surface area contributed by atoms with Crippen LogP contribution in [-0.2, 0) is 13.2 Å². The Morgan fingerprint density at radius 3 is 2.75 bits per heavy atom. The Balaban J connectivity index is 2.26. The highest BCUT2D eigenvalue weighted by Crippen LogP contribution is 2.08. The van der Waals surface area contributed by atoms with Gasteiger partial charge in [0, 0.05) is 6.07 Å². The van der Waals surface area contributed by atoms with E-state index in [1.807, 2.05) is 6.92 Å². The van der Waals surface area contributed by atoms with Crippen LogP contribution in [0.25, 0.3) is 0 Å². The first kappa shape index (κ1) is 10.6. The van der Waals surface area contributed by atoms with Crippen molar-refractivity contribution in [3.63, 3.8) is 0 Å². The molecule has 0 spiro atoms. The molecule has 0 amide bonds. The summed E-state index contributed by atoms with van der Waals surface area (Å²) in [6, 6.07) is 6.54. The van der Waals surface area contributed by atoms with Crippen LogP contribution in [0.3, 0.4) is 0 Å². The lowest BCUT2D eigenvalue weighted by molar-refractivity contribution is 0.242. The molecular formula is C11H12N2O3. The average Bonchev–Trinajstić information content (AvgIpc) is 2.71. The van der Waals surface area contributed by atoms with E-state index < -0.39 is 0 Å². The molecule has 5 heteroatoms. The molecule has 2 aromatic rings. The van der Waals surface area contributed by atoms with Gasteiger partial charge in [-0.3, -0.25) is 4.79 Å². The Morgan fingerprint density at radius 2 is 2.06 bits per heavy atom. The van der Waals surface area contributed by atoms with Crippen LogP contribution in [0.15, 0.2) is 33.5 Å². The SMILES string of the molecule is Cc1ccc(=O)n(Cc2ccc(CO)o2)n1. The number of nitrogens with zero attached hydrogens (tertiary/aromatic N) is 2. The first-order chi connectivity index (χ1) is 7.69. The van der Waals surface area contributed by atoms with Crippen LogP contribution in [0.5, 0.6) is 0 Å². The molecule has 2 heterocycles. The summed E-state index contributed by atoms with van der Waals surface area (Å²) < 4.78 is 6.61. The lowest BCUT2D eigenvalue weighted by atomic mass is 10.4. The monoisotopic (exact) mass is 220 g/mol. The third-order valence-electron chi connectivity index (χ3n) is 2.18. The molecule has 0 radical (unpaired) electrons. The smallest absolute Gasteiger partial charge is 0.267 e. The van der Waals surface area contributed by atoms with Crippen molar-refractivity contribution in [3.05, 3.63) is 51.8 Å². The topological polar surface area (TPSA) is 68.3 Å². The van der Waals surface area contributed by atoms with Crippen LogP contribution in [0.4, 0.5) is 0 Å². The number of hydrogen-bond acceptors (Lipinski definition) is 4. The number of aromatic nitrogens is 2.